The second-order valence-corrected chi connectivity index (χ2v) is 2.69. The van der Waals surface area contributed by atoms with Gasteiger partial charge in [-0.05, 0) is 6.42 Å². The van der Waals surface area contributed by atoms with E-state index in [0.717, 1.165) is 22.4 Å². The van der Waals surface area contributed by atoms with Crippen LogP contribution in [0.4, 0.5) is 0 Å². The Morgan fingerprint density at radius 3 is 2.67 bits per heavy atom. The molecular formula is C4H8OSi. The largest absolute Gasteiger partial charge is 0.385 e. The van der Waals surface area contributed by atoms with Crippen LogP contribution in [0.2, 0.25) is 6.04 Å². The molecule has 1 aliphatic rings. The summed E-state index contributed by atoms with van der Waals surface area (Å²) in [4.78, 5) is 0. The summed E-state index contributed by atoms with van der Waals surface area (Å²) in [5, 5.41) is 0. The van der Waals surface area contributed by atoms with E-state index in [1.165, 1.54) is 12.5 Å². The third kappa shape index (κ3) is 1.10. The van der Waals surface area contributed by atoms with E-state index < -0.39 is 0 Å². The molecule has 2 heteroatoms. The number of rotatable bonds is 0. The first-order valence-corrected chi connectivity index (χ1v) is 3.70. The molecule has 0 aromatic carbocycles. The van der Waals surface area contributed by atoms with Crippen molar-refractivity contribution in [2.24, 2.45) is 0 Å². The first-order valence-electron chi connectivity index (χ1n) is 2.28. The summed E-state index contributed by atoms with van der Waals surface area (Å²) in [7, 11) is 1.08. The van der Waals surface area contributed by atoms with Gasteiger partial charge in [-0.1, -0.05) is 6.04 Å². The SMILES string of the molecule is C1COC[Si]C1. The molecule has 1 fully saturated rings. The fraction of sp³-hybridized carbons (Fsp3) is 1.00. The molecule has 0 saturated carbocycles. The maximum Gasteiger partial charge on any atom is 0.0734 e. The van der Waals surface area contributed by atoms with Crippen molar-refractivity contribution in [1.82, 2.24) is 0 Å². The van der Waals surface area contributed by atoms with E-state index in [0.29, 0.717) is 0 Å². The van der Waals surface area contributed by atoms with Gasteiger partial charge in [0.05, 0.1) is 9.52 Å². The molecule has 1 nitrogen and oxygen atoms in total. The van der Waals surface area contributed by atoms with Crippen molar-refractivity contribution in [3.63, 3.8) is 0 Å². The highest BCUT2D eigenvalue weighted by Gasteiger charge is 1.96. The Bertz CT molecular complexity index is 23.0. The van der Waals surface area contributed by atoms with Gasteiger partial charge in [-0.15, -0.1) is 0 Å². The standard InChI is InChI=1S/C4H8OSi/c1-2-5-4-6-3-1/h1-4H2. The Morgan fingerprint density at radius 2 is 2.50 bits per heavy atom. The summed E-state index contributed by atoms with van der Waals surface area (Å²) in [5.41, 5.74) is 0. The lowest BCUT2D eigenvalue weighted by molar-refractivity contribution is 0.166. The van der Waals surface area contributed by atoms with Crippen molar-refractivity contribution in [2.75, 3.05) is 12.8 Å². The van der Waals surface area contributed by atoms with Crippen LogP contribution >= 0.6 is 0 Å². The fourth-order valence-electron chi connectivity index (χ4n) is 0.516. The lowest BCUT2D eigenvalue weighted by Crippen LogP contribution is -2.11. The van der Waals surface area contributed by atoms with Crippen LogP contribution in [0.25, 0.3) is 0 Å². The molecule has 34 valence electrons. The third-order valence-electron chi connectivity index (χ3n) is 0.846. The van der Waals surface area contributed by atoms with Crippen molar-refractivity contribution in [2.45, 2.75) is 12.5 Å². The minimum atomic E-state index is 1.01. The molecule has 0 spiro atoms. The smallest absolute Gasteiger partial charge is 0.0734 e. The van der Waals surface area contributed by atoms with Crippen molar-refractivity contribution in [3.8, 4) is 0 Å². The third-order valence-corrected chi connectivity index (χ3v) is 1.96. The fourth-order valence-corrected chi connectivity index (χ4v) is 1.34. The maximum atomic E-state index is 5.08. The van der Waals surface area contributed by atoms with Crippen molar-refractivity contribution in [3.05, 3.63) is 0 Å². The van der Waals surface area contributed by atoms with Crippen LogP contribution in [0.15, 0.2) is 0 Å². The van der Waals surface area contributed by atoms with Crippen molar-refractivity contribution in [1.29, 1.82) is 0 Å². The second-order valence-electron chi connectivity index (χ2n) is 1.41. The van der Waals surface area contributed by atoms with E-state index in [1.54, 1.807) is 0 Å². The zero-order valence-corrected chi connectivity index (χ0v) is 4.74. The van der Waals surface area contributed by atoms with E-state index in [4.69, 9.17) is 4.74 Å². The van der Waals surface area contributed by atoms with E-state index in [1.807, 2.05) is 0 Å². The highest BCUT2D eigenvalue weighted by Crippen LogP contribution is 1.95. The van der Waals surface area contributed by atoms with Gasteiger partial charge in [0.15, 0.2) is 0 Å². The molecule has 0 bridgehead atoms. The van der Waals surface area contributed by atoms with Crippen LogP contribution in [0.3, 0.4) is 0 Å². The molecule has 0 unspecified atom stereocenters. The van der Waals surface area contributed by atoms with Gasteiger partial charge in [0.1, 0.15) is 0 Å². The van der Waals surface area contributed by atoms with Crippen LogP contribution in [0.5, 0.6) is 0 Å². The number of hydrogen-bond donors (Lipinski definition) is 0. The Morgan fingerprint density at radius 1 is 1.50 bits per heavy atom. The molecule has 1 heterocycles. The van der Waals surface area contributed by atoms with Crippen LogP contribution in [-0.4, -0.2) is 22.4 Å². The van der Waals surface area contributed by atoms with Gasteiger partial charge in [0, 0.05) is 12.8 Å². The summed E-state index contributed by atoms with van der Waals surface area (Å²) in [6.45, 7) is 1.01. The number of ether oxygens (including phenoxy) is 1. The molecular weight excluding hydrogens is 92.1 g/mol. The number of hydrogen-bond acceptors (Lipinski definition) is 1. The Hall–Kier alpha value is 0.177. The van der Waals surface area contributed by atoms with Gasteiger partial charge in [0.2, 0.25) is 0 Å². The zero-order valence-electron chi connectivity index (χ0n) is 3.74. The first-order chi connectivity index (χ1) is 3.00. The Kier molecular flexibility index (Phi) is 1.71. The van der Waals surface area contributed by atoms with Crippen LogP contribution in [0, 0.1) is 0 Å². The van der Waals surface area contributed by atoms with E-state index in [2.05, 4.69) is 0 Å². The molecule has 1 saturated heterocycles. The molecule has 0 aromatic heterocycles. The summed E-state index contributed by atoms with van der Waals surface area (Å²) in [6.07, 6.45) is 2.32. The summed E-state index contributed by atoms with van der Waals surface area (Å²) in [5.74, 6) is 0. The average molecular weight is 100 g/mol. The van der Waals surface area contributed by atoms with Crippen molar-refractivity contribution < 1.29 is 4.74 Å². The molecule has 0 amide bonds. The highest BCUT2D eigenvalue weighted by atomic mass is 28.2. The van der Waals surface area contributed by atoms with E-state index in [9.17, 15) is 0 Å². The quantitative estimate of drug-likeness (QED) is 0.402. The van der Waals surface area contributed by atoms with Gasteiger partial charge < -0.3 is 4.74 Å². The van der Waals surface area contributed by atoms with Gasteiger partial charge in [0.25, 0.3) is 0 Å². The van der Waals surface area contributed by atoms with E-state index >= 15 is 0 Å². The Labute approximate surface area is 40.5 Å². The average Bonchev–Trinajstić information content (AvgIpc) is 1.72. The van der Waals surface area contributed by atoms with Crippen LogP contribution in [-0.2, 0) is 4.74 Å². The van der Waals surface area contributed by atoms with Gasteiger partial charge in [-0.2, -0.15) is 0 Å². The van der Waals surface area contributed by atoms with E-state index in [-0.39, 0.29) is 0 Å². The second kappa shape index (κ2) is 2.37. The molecule has 1 rings (SSSR count). The molecule has 2 radical (unpaired) electrons. The highest BCUT2D eigenvalue weighted by molar-refractivity contribution is 6.35. The maximum absolute atomic E-state index is 5.08. The molecule has 0 N–H and O–H groups in total. The topological polar surface area (TPSA) is 9.23 Å². The molecule has 0 aliphatic carbocycles. The monoisotopic (exact) mass is 100 g/mol. The predicted molar refractivity (Wildman–Crippen MR) is 26.0 cm³/mol. The lowest BCUT2D eigenvalue weighted by Gasteiger charge is -2.07. The molecule has 1 aliphatic heterocycles. The van der Waals surface area contributed by atoms with Gasteiger partial charge >= 0.3 is 0 Å². The molecule has 6 heavy (non-hydrogen) atoms. The van der Waals surface area contributed by atoms with Gasteiger partial charge in [-0.3, -0.25) is 0 Å². The Balaban J connectivity index is 2.00. The van der Waals surface area contributed by atoms with Crippen molar-refractivity contribution >= 4 is 9.52 Å². The van der Waals surface area contributed by atoms with Crippen LogP contribution < -0.4 is 0 Å². The minimum Gasteiger partial charge on any atom is -0.385 e. The zero-order chi connectivity index (χ0) is 4.24. The van der Waals surface area contributed by atoms with Crippen LogP contribution in [0.1, 0.15) is 6.42 Å². The summed E-state index contributed by atoms with van der Waals surface area (Å²) in [6, 6.07) is 1.40. The predicted octanol–water partition coefficient (Wildman–Crippen LogP) is 0.487. The molecule has 0 atom stereocenters. The normalized spacial score (nSPS) is 24.0. The molecule has 0 aromatic rings. The summed E-state index contributed by atoms with van der Waals surface area (Å²) >= 11 is 0. The summed E-state index contributed by atoms with van der Waals surface area (Å²) < 4.78 is 5.08. The lowest BCUT2D eigenvalue weighted by atomic mass is 10.5. The minimum absolute atomic E-state index is 1.01. The first kappa shape index (κ1) is 4.34. The van der Waals surface area contributed by atoms with Gasteiger partial charge in [-0.25, -0.2) is 0 Å².